The van der Waals surface area contributed by atoms with E-state index in [1.165, 1.54) is 4.90 Å². The van der Waals surface area contributed by atoms with Gasteiger partial charge in [-0.15, -0.1) is 0 Å². The van der Waals surface area contributed by atoms with Crippen molar-refractivity contribution in [2.75, 3.05) is 22.1 Å². The molecule has 2 aromatic carbocycles. The number of nitriles is 1. The van der Waals surface area contributed by atoms with Gasteiger partial charge in [0.15, 0.2) is 0 Å². The molecule has 0 unspecified atom stereocenters. The third kappa shape index (κ3) is 6.74. The van der Waals surface area contributed by atoms with Gasteiger partial charge in [-0.3, -0.25) is 14.4 Å². The molecule has 156 valence electrons. The number of aryl methyl sites for hydroxylation is 1. The highest BCUT2D eigenvalue weighted by Gasteiger charge is 2.17. The normalized spacial score (nSPS) is 10.0. The molecule has 0 atom stereocenters. The first-order valence-corrected chi connectivity index (χ1v) is 9.87. The summed E-state index contributed by atoms with van der Waals surface area (Å²) in [5.74, 6) is -0.619. The van der Waals surface area contributed by atoms with Gasteiger partial charge >= 0.3 is 0 Å². The average molecular weight is 406 g/mol. The molecule has 0 bridgehead atoms. The highest BCUT2D eigenvalue weighted by atomic mass is 16.2. The zero-order valence-corrected chi connectivity index (χ0v) is 17.3. The summed E-state index contributed by atoms with van der Waals surface area (Å²) in [5, 5.41) is 14.4. The minimum atomic E-state index is -0.293. The predicted molar refractivity (Wildman–Crippen MR) is 117 cm³/mol. The smallest absolute Gasteiger partial charge is 0.227 e. The van der Waals surface area contributed by atoms with E-state index in [0.29, 0.717) is 23.5 Å². The summed E-state index contributed by atoms with van der Waals surface area (Å²) in [6.07, 6.45) is 0.612. The van der Waals surface area contributed by atoms with E-state index in [-0.39, 0.29) is 43.5 Å². The van der Waals surface area contributed by atoms with E-state index in [4.69, 9.17) is 5.26 Å². The van der Waals surface area contributed by atoms with Crippen molar-refractivity contribution >= 4 is 34.8 Å². The monoisotopic (exact) mass is 406 g/mol. The van der Waals surface area contributed by atoms with Crippen LogP contribution >= 0.6 is 0 Å². The predicted octanol–water partition coefficient (Wildman–Crippen LogP) is 4.01. The Morgan fingerprint density at radius 1 is 1.00 bits per heavy atom. The molecule has 0 radical (unpaired) electrons. The van der Waals surface area contributed by atoms with Crippen LogP contribution in [0.1, 0.15) is 38.2 Å². The Hall–Kier alpha value is -3.66. The van der Waals surface area contributed by atoms with E-state index >= 15 is 0 Å². The summed E-state index contributed by atoms with van der Waals surface area (Å²) < 4.78 is 0. The van der Waals surface area contributed by atoms with Crippen molar-refractivity contribution in [1.82, 2.24) is 0 Å². The number of nitrogens with zero attached hydrogens (tertiary/aromatic N) is 2. The van der Waals surface area contributed by atoms with Crippen molar-refractivity contribution in [2.45, 2.75) is 39.5 Å². The molecule has 30 heavy (non-hydrogen) atoms. The molecule has 0 spiro atoms. The molecular weight excluding hydrogens is 380 g/mol. The molecule has 0 saturated carbocycles. The van der Waals surface area contributed by atoms with Crippen LogP contribution < -0.4 is 15.5 Å². The second kappa shape index (κ2) is 11.4. The van der Waals surface area contributed by atoms with Crippen molar-refractivity contribution in [3.63, 3.8) is 0 Å². The number of rotatable bonds is 9. The average Bonchev–Trinajstić information content (AvgIpc) is 2.75. The van der Waals surface area contributed by atoms with Crippen molar-refractivity contribution in [3.05, 3.63) is 54.1 Å². The highest BCUT2D eigenvalue weighted by Crippen LogP contribution is 2.21. The van der Waals surface area contributed by atoms with Crippen molar-refractivity contribution in [2.24, 2.45) is 0 Å². The SMILES string of the molecule is CCC(=O)Nc1ccc(C)c(NC(=O)CCC(=O)N(CCC#N)c2ccccc2)c1. The van der Waals surface area contributed by atoms with Crippen LogP contribution in [0.3, 0.4) is 0 Å². The van der Waals surface area contributed by atoms with E-state index in [0.717, 1.165) is 5.56 Å². The lowest BCUT2D eigenvalue weighted by atomic mass is 10.1. The molecule has 0 aliphatic carbocycles. The van der Waals surface area contributed by atoms with Gasteiger partial charge in [-0.25, -0.2) is 0 Å². The largest absolute Gasteiger partial charge is 0.326 e. The van der Waals surface area contributed by atoms with Crippen LogP contribution in [0.25, 0.3) is 0 Å². The van der Waals surface area contributed by atoms with Gasteiger partial charge in [0.05, 0.1) is 12.5 Å². The Balaban J connectivity index is 1.99. The Bertz CT molecular complexity index is 935. The first-order valence-electron chi connectivity index (χ1n) is 9.87. The van der Waals surface area contributed by atoms with E-state index in [1.54, 1.807) is 31.2 Å². The Morgan fingerprint density at radius 3 is 2.40 bits per heavy atom. The number of anilines is 3. The zero-order valence-electron chi connectivity index (χ0n) is 17.3. The van der Waals surface area contributed by atoms with Crippen LogP contribution in [0.15, 0.2) is 48.5 Å². The molecule has 0 fully saturated rings. The van der Waals surface area contributed by atoms with E-state index in [2.05, 4.69) is 10.6 Å². The second-order valence-electron chi connectivity index (χ2n) is 6.77. The zero-order chi connectivity index (χ0) is 21.9. The molecule has 0 aliphatic heterocycles. The van der Waals surface area contributed by atoms with Crippen LogP contribution in [0, 0.1) is 18.3 Å². The molecule has 2 aromatic rings. The second-order valence-corrected chi connectivity index (χ2v) is 6.77. The molecule has 0 aromatic heterocycles. The maximum atomic E-state index is 12.7. The van der Waals surface area contributed by atoms with Gasteiger partial charge in [0.25, 0.3) is 0 Å². The van der Waals surface area contributed by atoms with Gasteiger partial charge in [-0.2, -0.15) is 5.26 Å². The standard InChI is InChI=1S/C23H26N4O3/c1-3-21(28)25-18-11-10-17(2)20(16-18)26-22(29)12-13-23(30)27(15-7-14-24)19-8-5-4-6-9-19/h4-6,8-11,16H,3,7,12-13,15H2,1-2H3,(H,25,28)(H,26,29). The molecule has 3 amide bonds. The van der Waals surface area contributed by atoms with Crippen LogP contribution in [0.4, 0.5) is 17.1 Å². The van der Waals surface area contributed by atoms with Crippen LogP contribution in [-0.2, 0) is 14.4 Å². The first kappa shape index (κ1) is 22.6. The third-order valence-electron chi connectivity index (χ3n) is 4.50. The summed E-state index contributed by atoms with van der Waals surface area (Å²) >= 11 is 0. The van der Waals surface area contributed by atoms with Crippen LogP contribution in [0.5, 0.6) is 0 Å². The van der Waals surface area contributed by atoms with Crippen LogP contribution in [-0.4, -0.2) is 24.3 Å². The molecule has 0 aliphatic rings. The number of para-hydroxylation sites is 1. The number of benzene rings is 2. The first-order chi connectivity index (χ1) is 14.4. The quantitative estimate of drug-likeness (QED) is 0.657. The summed E-state index contributed by atoms with van der Waals surface area (Å²) in [4.78, 5) is 38.2. The van der Waals surface area contributed by atoms with Gasteiger partial charge < -0.3 is 15.5 Å². The number of hydrogen-bond donors (Lipinski definition) is 2. The molecular formula is C23H26N4O3. The fourth-order valence-corrected chi connectivity index (χ4v) is 2.82. The summed E-state index contributed by atoms with van der Waals surface area (Å²) in [6, 6.07) is 16.4. The molecule has 7 heteroatoms. The molecule has 0 heterocycles. The summed E-state index contributed by atoms with van der Waals surface area (Å²) in [7, 11) is 0. The molecule has 7 nitrogen and oxygen atoms in total. The van der Waals surface area contributed by atoms with Crippen molar-refractivity contribution in [1.29, 1.82) is 5.26 Å². The molecule has 2 N–H and O–H groups in total. The minimum Gasteiger partial charge on any atom is -0.326 e. The number of carbonyl (C=O) groups is 3. The fraction of sp³-hybridized carbons (Fsp3) is 0.304. The van der Waals surface area contributed by atoms with Crippen LogP contribution in [0.2, 0.25) is 0 Å². The number of hydrogen-bond acceptors (Lipinski definition) is 4. The fourth-order valence-electron chi connectivity index (χ4n) is 2.82. The van der Waals surface area contributed by atoms with Gasteiger partial charge in [-0.1, -0.05) is 31.2 Å². The van der Waals surface area contributed by atoms with Gasteiger partial charge in [0, 0.05) is 42.9 Å². The van der Waals surface area contributed by atoms with Crippen molar-refractivity contribution < 1.29 is 14.4 Å². The van der Waals surface area contributed by atoms with E-state index in [9.17, 15) is 14.4 Å². The van der Waals surface area contributed by atoms with E-state index < -0.39 is 0 Å². The molecule has 2 rings (SSSR count). The van der Waals surface area contributed by atoms with Gasteiger partial charge in [-0.05, 0) is 36.8 Å². The maximum Gasteiger partial charge on any atom is 0.227 e. The van der Waals surface area contributed by atoms with Gasteiger partial charge in [0.2, 0.25) is 17.7 Å². The third-order valence-corrected chi connectivity index (χ3v) is 4.50. The minimum absolute atomic E-state index is 0.0136. The highest BCUT2D eigenvalue weighted by molar-refractivity contribution is 5.99. The number of amides is 3. The Labute approximate surface area is 176 Å². The van der Waals surface area contributed by atoms with E-state index in [1.807, 2.05) is 37.3 Å². The summed E-state index contributed by atoms with van der Waals surface area (Å²) in [6.45, 7) is 3.89. The lowest BCUT2D eigenvalue weighted by Gasteiger charge is -2.21. The number of carbonyl (C=O) groups excluding carboxylic acids is 3. The maximum absolute atomic E-state index is 12.7. The Kier molecular flexibility index (Phi) is 8.57. The lowest BCUT2D eigenvalue weighted by Crippen LogP contribution is -2.32. The summed E-state index contributed by atoms with van der Waals surface area (Å²) in [5.41, 5.74) is 2.74. The molecule has 0 saturated heterocycles. The van der Waals surface area contributed by atoms with Crippen molar-refractivity contribution in [3.8, 4) is 6.07 Å². The lowest BCUT2D eigenvalue weighted by molar-refractivity contribution is -0.122. The van der Waals surface area contributed by atoms with Gasteiger partial charge in [0.1, 0.15) is 0 Å². The Morgan fingerprint density at radius 2 is 1.73 bits per heavy atom. The topological polar surface area (TPSA) is 102 Å². The number of nitrogens with one attached hydrogen (secondary N) is 2.